The molecule has 1 aromatic heterocycles. The van der Waals surface area contributed by atoms with Crippen LogP contribution in [0.5, 0.6) is 0 Å². The van der Waals surface area contributed by atoms with Crippen molar-refractivity contribution >= 4 is 23.2 Å². The van der Waals surface area contributed by atoms with E-state index < -0.39 is 5.91 Å². The van der Waals surface area contributed by atoms with Crippen molar-refractivity contribution < 1.29 is 14.3 Å². The predicted octanol–water partition coefficient (Wildman–Crippen LogP) is 2.94. The minimum atomic E-state index is -0.484. The fourth-order valence-electron chi connectivity index (χ4n) is 3.30. The minimum absolute atomic E-state index is 0.287. The van der Waals surface area contributed by atoms with Crippen LogP contribution in [0.1, 0.15) is 20.8 Å². The highest BCUT2D eigenvalue weighted by atomic mass is 16.5. The molecule has 1 saturated heterocycles. The zero-order valence-electron chi connectivity index (χ0n) is 16.4. The van der Waals surface area contributed by atoms with Gasteiger partial charge in [0.2, 0.25) is 5.91 Å². The van der Waals surface area contributed by atoms with Gasteiger partial charge in [-0.2, -0.15) is 0 Å². The molecule has 1 aliphatic rings. The van der Waals surface area contributed by atoms with Gasteiger partial charge in [0.15, 0.2) is 0 Å². The molecule has 2 aromatic carbocycles. The number of rotatable bonds is 5. The third-order valence-electron chi connectivity index (χ3n) is 4.95. The Kier molecular flexibility index (Phi) is 5.72. The van der Waals surface area contributed by atoms with Crippen LogP contribution in [0, 0.1) is 0 Å². The molecule has 0 atom stereocenters. The summed E-state index contributed by atoms with van der Waals surface area (Å²) in [6.45, 7) is 3.18. The van der Waals surface area contributed by atoms with E-state index in [4.69, 9.17) is 10.5 Å². The van der Waals surface area contributed by atoms with Crippen LogP contribution in [0.4, 0.5) is 11.4 Å². The number of anilines is 2. The van der Waals surface area contributed by atoms with Crippen LogP contribution < -0.4 is 16.0 Å². The smallest absolute Gasteiger partial charge is 0.274 e. The lowest BCUT2D eigenvalue weighted by atomic mass is 10.1. The van der Waals surface area contributed by atoms with Crippen LogP contribution in [-0.4, -0.2) is 43.1 Å². The lowest BCUT2D eigenvalue weighted by Crippen LogP contribution is -2.36. The summed E-state index contributed by atoms with van der Waals surface area (Å²) in [4.78, 5) is 30.6. The second-order valence-electron chi connectivity index (χ2n) is 6.95. The number of carbonyl (C=O) groups excluding carboxylic acids is 2. The van der Waals surface area contributed by atoms with Crippen molar-refractivity contribution in [3.63, 3.8) is 0 Å². The van der Waals surface area contributed by atoms with Crippen molar-refractivity contribution in [3.05, 3.63) is 78.0 Å². The predicted molar refractivity (Wildman–Crippen MR) is 116 cm³/mol. The molecule has 30 heavy (non-hydrogen) atoms. The van der Waals surface area contributed by atoms with Gasteiger partial charge in [0, 0.05) is 35.6 Å². The number of hydrogen-bond acceptors (Lipinski definition) is 5. The molecule has 1 fully saturated rings. The number of aromatic nitrogens is 1. The first kappa shape index (κ1) is 19.6. The van der Waals surface area contributed by atoms with E-state index >= 15 is 0 Å². The Morgan fingerprint density at radius 2 is 1.63 bits per heavy atom. The largest absolute Gasteiger partial charge is 0.378 e. The summed E-state index contributed by atoms with van der Waals surface area (Å²) in [5, 5.41) is 2.89. The fourth-order valence-corrected chi connectivity index (χ4v) is 3.30. The number of nitrogens with two attached hydrogens (primary N) is 1. The number of carbonyl (C=O) groups is 2. The molecule has 0 unspecified atom stereocenters. The van der Waals surface area contributed by atoms with Gasteiger partial charge in [-0.3, -0.25) is 9.59 Å². The highest BCUT2D eigenvalue weighted by molar-refractivity contribution is 6.03. The maximum Gasteiger partial charge on any atom is 0.274 e. The van der Waals surface area contributed by atoms with Gasteiger partial charge in [-0.25, -0.2) is 4.98 Å². The van der Waals surface area contributed by atoms with Crippen LogP contribution in [-0.2, 0) is 4.74 Å². The highest BCUT2D eigenvalue weighted by Gasteiger charge is 2.13. The Morgan fingerprint density at radius 1 is 0.933 bits per heavy atom. The summed E-state index contributed by atoms with van der Waals surface area (Å²) in [6, 6.07) is 19.8. The number of benzene rings is 2. The summed E-state index contributed by atoms with van der Waals surface area (Å²) in [6.07, 6.45) is 0. The molecular weight excluding hydrogens is 380 g/mol. The van der Waals surface area contributed by atoms with E-state index in [2.05, 4.69) is 15.2 Å². The van der Waals surface area contributed by atoms with Crippen molar-refractivity contribution in [2.45, 2.75) is 0 Å². The molecule has 0 radical (unpaired) electrons. The molecule has 0 saturated carbocycles. The quantitative estimate of drug-likeness (QED) is 0.684. The van der Waals surface area contributed by atoms with Crippen LogP contribution in [0.2, 0.25) is 0 Å². The van der Waals surface area contributed by atoms with E-state index in [0.717, 1.165) is 37.6 Å². The number of pyridine rings is 1. The second-order valence-corrected chi connectivity index (χ2v) is 6.95. The van der Waals surface area contributed by atoms with Crippen molar-refractivity contribution in [3.8, 4) is 11.3 Å². The molecule has 2 amide bonds. The first-order valence-corrected chi connectivity index (χ1v) is 9.71. The van der Waals surface area contributed by atoms with Crippen molar-refractivity contribution in [1.29, 1.82) is 0 Å². The Bertz CT molecular complexity index is 1040. The summed E-state index contributed by atoms with van der Waals surface area (Å²) in [5.41, 5.74) is 9.26. The van der Waals surface area contributed by atoms with Crippen LogP contribution in [0.25, 0.3) is 11.3 Å². The Hall–Kier alpha value is -3.71. The van der Waals surface area contributed by atoms with E-state index in [1.165, 1.54) is 0 Å². The Balaban J connectivity index is 1.46. The molecule has 0 aliphatic carbocycles. The first-order valence-electron chi connectivity index (χ1n) is 9.71. The molecule has 0 bridgehead atoms. The van der Waals surface area contributed by atoms with Gasteiger partial charge in [0.05, 0.1) is 18.9 Å². The van der Waals surface area contributed by atoms with Gasteiger partial charge in [0.25, 0.3) is 5.91 Å². The topological polar surface area (TPSA) is 97.5 Å². The molecule has 1 aliphatic heterocycles. The van der Waals surface area contributed by atoms with Gasteiger partial charge in [-0.1, -0.05) is 18.2 Å². The molecule has 3 N–H and O–H groups in total. The molecule has 7 heteroatoms. The molecule has 4 rings (SSSR count). The van der Waals surface area contributed by atoms with Gasteiger partial charge in [-0.15, -0.1) is 0 Å². The third-order valence-corrected chi connectivity index (χ3v) is 4.95. The monoisotopic (exact) mass is 402 g/mol. The number of morpholine rings is 1. The summed E-state index contributed by atoms with van der Waals surface area (Å²) < 4.78 is 5.38. The second kappa shape index (κ2) is 8.75. The lowest BCUT2D eigenvalue weighted by Gasteiger charge is -2.28. The van der Waals surface area contributed by atoms with E-state index in [-0.39, 0.29) is 5.91 Å². The number of ether oxygens (including phenoxy) is 1. The van der Waals surface area contributed by atoms with Crippen molar-refractivity contribution in [2.24, 2.45) is 5.73 Å². The molecular formula is C23H22N4O3. The van der Waals surface area contributed by atoms with Crippen molar-refractivity contribution in [1.82, 2.24) is 4.98 Å². The van der Waals surface area contributed by atoms with Gasteiger partial charge < -0.3 is 20.7 Å². The number of nitrogens with zero attached hydrogens (tertiary/aromatic N) is 2. The van der Waals surface area contributed by atoms with E-state index in [1.54, 1.807) is 36.4 Å². The third kappa shape index (κ3) is 4.47. The first-order chi connectivity index (χ1) is 14.6. The van der Waals surface area contributed by atoms with Gasteiger partial charge in [-0.05, 0) is 48.5 Å². The molecule has 3 aromatic rings. The normalized spacial score (nSPS) is 13.7. The van der Waals surface area contributed by atoms with Gasteiger partial charge in [0.1, 0.15) is 5.69 Å². The van der Waals surface area contributed by atoms with Crippen LogP contribution in [0.3, 0.4) is 0 Å². The maximum absolute atomic E-state index is 12.7. The van der Waals surface area contributed by atoms with E-state index in [0.29, 0.717) is 22.6 Å². The zero-order chi connectivity index (χ0) is 20.9. The number of nitrogens with one attached hydrogen (secondary N) is 1. The standard InChI is InChI=1S/C23H22N4O3/c24-22(28)17-6-4-16(5-7-17)20-2-1-3-21(26-20)23(29)25-18-8-10-19(11-9-18)27-12-14-30-15-13-27/h1-11H,12-15H2,(H2,24,28)(H,25,29). The summed E-state index contributed by atoms with van der Waals surface area (Å²) in [5.74, 6) is -0.771. The SMILES string of the molecule is NC(=O)c1ccc(-c2cccc(C(=O)Nc3ccc(N4CCOCC4)cc3)n2)cc1. The van der Waals surface area contributed by atoms with Crippen LogP contribution in [0.15, 0.2) is 66.7 Å². The molecule has 7 nitrogen and oxygen atoms in total. The maximum atomic E-state index is 12.7. The summed E-state index contributed by atoms with van der Waals surface area (Å²) in [7, 11) is 0. The molecule has 0 spiro atoms. The number of hydrogen-bond donors (Lipinski definition) is 2. The highest BCUT2D eigenvalue weighted by Crippen LogP contribution is 2.21. The van der Waals surface area contributed by atoms with E-state index in [1.807, 2.05) is 30.3 Å². The molecule has 152 valence electrons. The lowest BCUT2D eigenvalue weighted by molar-refractivity contribution is 0.0997. The summed E-state index contributed by atoms with van der Waals surface area (Å²) >= 11 is 0. The van der Waals surface area contributed by atoms with Crippen LogP contribution >= 0.6 is 0 Å². The van der Waals surface area contributed by atoms with Gasteiger partial charge >= 0.3 is 0 Å². The molecule has 2 heterocycles. The Labute approximate surface area is 174 Å². The zero-order valence-corrected chi connectivity index (χ0v) is 16.4. The van der Waals surface area contributed by atoms with E-state index in [9.17, 15) is 9.59 Å². The minimum Gasteiger partial charge on any atom is -0.378 e. The van der Waals surface area contributed by atoms with Crippen molar-refractivity contribution in [2.75, 3.05) is 36.5 Å². The fraction of sp³-hybridized carbons (Fsp3) is 0.174. The Morgan fingerprint density at radius 3 is 2.30 bits per heavy atom. The number of primary amides is 1. The average Bonchev–Trinajstić information content (AvgIpc) is 2.80. The number of amides is 2. The average molecular weight is 402 g/mol.